The predicted octanol–water partition coefficient (Wildman–Crippen LogP) is 0.400. The van der Waals surface area contributed by atoms with E-state index in [0.717, 1.165) is 0 Å². The second-order valence-electron chi connectivity index (χ2n) is 2.67. The zero-order chi connectivity index (χ0) is 10.6. The van der Waals surface area contributed by atoms with Crippen molar-refractivity contribution in [3.8, 4) is 0 Å². The third-order valence-electron chi connectivity index (χ3n) is 1.45. The summed E-state index contributed by atoms with van der Waals surface area (Å²) in [6.07, 6.45) is -1.36. The maximum absolute atomic E-state index is 10.6. The van der Waals surface area contributed by atoms with E-state index in [9.17, 15) is 14.7 Å². The summed E-state index contributed by atoms with van der Waals surface area (Å²) in [5.74, 6) is -0.175. The van der Waals surface area contributed by atoms with Crippen LogP contribution in [0.2, 0.25) is 0 Å². The Kier molecular flexibility index (Phi) is 3.06. The van der Waals surface area contributed by atoms with Gasteiger partial charge >= 0.3 is 0 Å². The Morgan fingerprint density at radius 2 is 1.50 bits per heavy atom. The molecule has 0 saturated heterocycles. The molecule has 0 fully saturated rings. The van der Waals surface area contributed by atoms with E-state index < -0.39 is 6.09 Å². The monoisotopic (exact) mass is 193 g/mol. The van der Waals surface area contributed by atoms with Crippen molar-refractivity contribution in [2.24, 2.45) is 0 Å². The van der Waals surface area contributed by atoms with Gasteiger partial charge in [0.2, 0.25) is 5.91 Å². The van der Waals surface area contributed by atoms with Gasteiger partial charge in [-0.05, 0) is 24.3 Å². The molecule has 0 spiro atoms. The van der Waals surface area contributed by atoms with Gasteiger partial charge in [-0.25, -0.2) is 0 Å². The van der Waals surface area contributed by atoms with E-state index in [1.807, 2.05) is 0 Å². The molecule has 0 radical (unpaired) electrons. The number of amides is 2. The fourth-order valence-electron chi connectivity index (χ4n) is 0.958. The van der Waals surface area contributed by atoms with Gasteiger partial charge < -0.3 is 20.5 Å². The first-order valence-corrected chi connectivity index (χ1v) is 3.93. The Morgan fingerprint density at radius 3 is 1.86 bits per heavy atom. The Labute approximate surface area is 80.7 Å². The quantitative estimate of drug-likeness (QED) is 0.713. The van der Waals surface area contributed by atoms with Crippen molar-refractivity contribution < 1.29 is 14.7 Å². The molecular formula is C9H9N2O3-. The van der Waals surface area contributed by atoms with Crippen LogP contribution in [0, 0.1) is 0 Å². The summed E-state index contributed by atoms with van der Waals surface area (Å²) < 4.78 is 0. The molecule has 2 N–H and O–H groups in total. The lowest BCUT2D eigenvalue weighted by Crippen LogP contribution is -2.28. The van der Waals surface area contributed by atoms with Crippen LogP contribution in [0.3, 0.4) is 0 Å². The topological polar surface area (TPSA) is 81.3 Å². The molecule has 74 valence electrons. The number of hydrogen-bond acceptors (Lipinski definition) is 3. The van der Waals surface area contributed by atoms with E-state index in [1.54, 1.807) is 12.1 Å². The van der Waals surface area contributed by atoms with Crippen molar-refractivity contribution in [3.05, 3.63) is 24.3 Å². The SMILES string of the molecule is CC(=O)Nc1ccc(NC(=O)[O-])cc1. The molecule has 14 heavy (non-hydrogen) atoms. The normalized spacial score (nSPS) is 9.21. The van der Waals surface area contributed by atoms with E-state index in [0.29, 0.717) is 11.4 Å². The lowest BCUT2D eigenvalue weighted by molar-refractivity contribution is -0.242. The van der Waals surface area contributed by atoms with Crippen LogP contribution < -0.4 is 15.7 Å². The number of carboxylic acid groups (broad SMARTS) is 1. The maximum Gasteiger partial charge on any atom is 0.221 e. The van der Waals surface area contributed by atoms with Crippen LogP contribution in [-0.4, -0.2) is 12.0 Å². The highest BCUT2D eigenvalue weighted by atomic mass is 16.4. The first-order chi connectivity index (χ1) is 6.58. The van der Waals surface area contributed by atoms with Gasteiger partial charge in [-0.3, -0.25) is 4.79 Å². The fourth-order valence-corrected chi connectivity index (χ4v) is 0.958. The number of rotatable bonds is 2. The summed E-state index contributed by atoms with van der Waals surface area (Å²) in [4.78, 5) is 20.8. The van der Waals surface area contributed by atoms with Crippen molar-refractivity contribution in [3.63, 3.8) is 0 Å². The van der Waals surface area contributed by atoms with Gasteiger partial charge in [-0.15, -0.1) is 0 Å². The van der Waals surface area contributed by atoms with E-state index in [4.69, 9.17) is 0 Å². The minimum atomic E-state index is -1.36. The van der Waals surface area contributed by atoms with Crippen LogP contribution in [0.25, 0.3) is 0 Å². The minimum Gasteiger partial charge on any atom is -0.530 e. The van der Waals surface area contributed by atoms with Gasteiger partial charge in [0.1, 0.15) is 6.09 Å². The van der Waals surface area contributed by atoms with Crippen LogP contribution in [0.5, 0.6) is 0 Å². The van der Waals surface area contributed by atoms with Crippen molar-refractivity contribution in [2.75, 3.05) is 10.6 Å². The molecule has 0 aliphatic carbocycles. The lowest BCUT2D eigenvalue weighted by Gasteiger charge is -2.07. The van der Waals surface area contributed by atoms with Crippen LogP contribution in [0.1, 0.15) is 6.92 Å². The average Bonchev–Trinajstić information content (AvgIpc) is 2.06. The Morgan fingerprint density at radius 1 is 1.07 bits per heavy atom. The standard InChI is InChI=1S/C9H10N2O3/c1-6(12)10-7-2-4-8(5-3-7)11-9(13)14/h2-5,11H,1H3,(H,10,12)(H,13,14)/p-1. The molecule has 1 aromatic rings. The molecule has 0 saturated carbocycles. The zero-order valence-corrected chi connectivity index (χ0v) is 7.53. The van der Waals surface area contributed by atoms with Crippen LogP contribution in [0.4, 0.5) is 16.2 Å². The van der Waals surface area contributed by atoms with E-state index in [-0.39, 0.29) is 5.91 Å². The minimum absolute atomic E-state index is 0.175. The van der Waals surface area contributed by atoms with Gasteiger partial charge in [-0.2, -0.15) is 0 Å². The maximum atomic E-state index is 10.6. The highest BCUT2D eigenvalue weighted by molar-refractivity contribution is 5.89. The number of hydrogen-bond donors (Lipinski definition) is 2. The van der Waals surface area contributed by atoms with E-state index >= 15 is 0 Å². The number of carbonyl (C=O) groups excluding carboxylic acids is 2. The first kappa shape index (κ1) is 10.0. The fraction of sp³-hybridized carbons (Fsp3) is 0.111. The second kappa shape index (κ2) is 4.27. The van der Waals surface area contributed by atoms with E-state index in [1.165, 1.54) is 19.1 Å². The molecule has 0 bridgehead atoms. The lowest BCUT2D eigenvalue weighted by atomic mass is 10.3. The largest absolute Gasteiger partial charge is 0.530 e. The number of benzene rings is 1. The van der Waals surface area contributed by atoms with Gasteiger partial charge in [0.15, 0.2) is 0 Å². The third kappa shape index (κ3) is 3.14. The summed E-state index contributed by atoms with van der Waals surface area (Å²) in [5.41, 5.74) is 1.01. The predicted molar refractivity (Wildman–Crippen MR) is 49.8 cm³/mol. The summed E-state index contributed by atoms with van der Waals surface area (Å²) >= 11 is 0. The Bertz CT molecular complexity index is 311. The van der Waals surface area contributed by atoms with Gasteiger partial charge in [0.05, 0.1) is 0 Å². The van der Waals surface area contributed by atoms with Crippen LogP contribution in [-0.2, 0) is 4.79 Å². The molecule has 0 aromatic heterocycles. The highest BCUT2D eigenvalue weighted by Gasteiger charge is 1.95. The van der Waals surface area contributed by atoms with Crippen molar-refractivity contribution in [1.29, 1.82) is 0 Å². The second-order valence-corrected chi connectivity index (χ2v) is 2.67. The number of anilines is 2. The first-order valence-electron chi connectivity index (χ1n) is 3.93. The van der Waals surface area contributed by atoms with Crippen molar-refractivity contribution in [1.82, 2.24) is 0 Å². The van der Waals surface area contributed by atoms with Crippen LogP contribution in [0.15, 0.2) is 24.3 Å². The number of carbonyl (C=O) groups is 2. The molecular weight excluding hydrogens is 184 g/mol. The summed E-state index contributed by atoms with van der Waals surface area (Å²) in [6.45, 7) is 1.40. The molecule has 0 aliphatic rings. The molecule has 2 amide bonds. The molecule has 0 aliphatic heterocycles. The van der Waals surface area contributed by atoms with Gasteiger partial charge in [-0.1, -0.05) is 0 Å². The van der Waals surface area contributed by atoms with Crippen molar-refractivity contribution >= 4 is 23.4 Å². The summed E-state index contributed by atoms with van der Waals surface area (Å²) in [6, 6.07) is 6.24. The molecule has 0 atom stereocenters. The molecule has 1 rings (SSSR count). The summed E-state index contributed by atoms with van der Waals surface area (Å²) in [7, 11) is 0. The van der Waals surface area contributed by atoms with Crippen molar-refractivity contribution in [2.45, 2.75) is 6.92 Å². The van der Waals surface area contributed by atoms with Crippen LogP contribution >= 0.6 is 0 Å². The zero-order valence-electron chi connectivity index (χ0n) is 7.53. The molecule has 0 heterocycles. The van der Waals surface area contributed by atoms with E-state index in [2.05, 4.69) is 10.6 Å². The molecule has 5 heteroatoms. The number of nitrogens with one attached hydrogen (secondary N) is 2. The Balaban J connectivity index is 2.68. The highest BCUT2D eigenvalue weighted by Crippen LogP contribution is 2.12. The molecule has 5 nitrogen and oxygen atoms in total. The Hall–Kier alpha value is -2.04. The summed E-state index contributed by atoms with van der Waals surface area (Å²) in [5, 5.41) is 14.8. The molecule has 0 unspecified atom stereocenters. The smallest absolute Gasteiger partial charge is 0.221 e. The molecule has 1 aromatic carbocycles. The van der Waals surface area contributed by atoms with Gasteiger partial charge in [0, 0.05) is 18.3 Å². The third-order valence-corrected chi connectivity index (χ3v) is 1.45. The van der Waals surface area contributed by atoms with Gasteiger partial charge in [0.25, 0.3) is 0 Å². The average molecular weight is 193 g/mol.